The molecule has 0 amide bonds. The van der Waals surface area contributed by atoms with Gasteiger partial charge in [-0.25, -0.2) is 15.0 Å². The van der Waals surface area contributed by atoms with E-state index in [1.807, 2.05) is 30.9 Å². The lowest BCUT2D eigenvalue weighted by atomic mass is 10.1. The minimum Gasteiger partial charge on any atom is -0.334 e. The number of nitrogens with zero attached hydrogens (tertiary/aromatic N) is 4. The lowest BCUT2D eigenvalue weighted by Crippen LogP contribution is -2.07. The first-order chi connectivity index (χ1) is 9.67. The van der Waals surface area contributed by atoms with Crippen molar-refractivity contribution in [2.45, 2.75) is 13.3 Å². The smallest absolute Gasteiger partial charge is 0.130 e. The van der Waals surface area contributed by atoms with E-state index in [4.69, 9.17) is 5.73 Å². The van der Waals surface area contributed by atoms with Crippen molar-refractivity contribution in [3.05, 3.63) is 42.1 Å². The maximum Gasteiger partial charge on any atom is 0.130 e. The lowest BCUT2D eigenvalue weighted by Gasteiger charge is -2.06. The van der Waals surface area contributed by atoms with Gasteiger partial charge in [0, 0.05) is 24.7 Å². The van der Waals surface area contributed by atoms with Crippen LogP contribution in [0.4, 0.5) is 0 Å². The van der Waals surface area contributed by atoms with E-state index in [1.165, 1.54) is 0 Å². The molecule has 2 N–H and O–H groups in total. The molecule has 0 saturated carbocycles. The van der Waals surface area contributed by atoms with Crippen molar-refractivity contribution in [1.82, 2.24) is 19.5 Å². The minimum atomic E-state index is 0.558. The highest BCUT2D eigenvalue weighted by atomic mass is 15.0. The van der Waals surface area contributed by atoms with Gasteiger partial charge in [0.05, 0.1) is 23.1 Å². The third-order valence-electron chi connectivity index (χ3n) is 3.29. The molecular formula is C15H17N5. The van der Waals surface area contributed by atoms with E-state index >= 15 is 0 Å². The molecule has 0 radical (unpaired) electrons. The largest absolute Gasteiger partial charge is 0.334 e. The molecule has 0 fully saturated rings. The number of hydrogen-bond acceptors (Lipinski definition) is 4. The van der Waals surface area contributed by atoms with Crippen LogP contribution >= 0.6 is 0 Å². The molecule has 0 aliphatic heterocycles. The van der Waals surface area contributed by atoms with Crippen LogP contribution in [0, 0.1) is 6.92 Å². The van der Waals surface area contributed by atoms with E-state index in [0.29, 0.717) is 13.0 Å². The first-order valence-electron chi connectivity index (χ1n) is 6.63. The number of rotatable bonds is 3. The van der Waals surface area contributed by atoms with Gasteiger partial charge in [-0.2, -0.15) is 0 Å². The molecule has 1 aromatic carbocycles. The fourth-order valence-electron chi connectivity index (χ4n) is 2.31. The Bertz CT molecular complexity index is 760. The molecule has 3 rings (SSSR count). The van der Waals surface area contributed by atoms with Gasteiger partial charge in [0.1, 0.15) is 5.82 Å². The molecule has 102 valence electrons. The van der Waals surface area contributed by atoms with Gasteiger partial charge in [0.15, 0.2) is 0 Å². The average Bonchev–Trinajstić information content (AvgIpc) is 2.80. The molecule has 0 atom stereocenters. The number of aryl methyl sites for hydroxylation is 2. The topological polar surface area (TPSA) is 69.6 Å². The Balaban J connectivity index is 2.09. The number of fused-ring (bicyclic) bond motifs is 1. The Morgan fingerprint density at radius 2 is 2.05 bits per heavy atom. The van der Waals surface area contributed by atoms with E-state index in [-0.39, 0.29) is 0 Å². The average molecular weight is 267 g/mol. The van der Waals surface area contributed by atoms with Crippen LogP contribution in [-0.4, -0.2) is 26.1 Å². The SMILES string of the molecule is Cc1cc(-c2ccc3c(c2)ncn3C)nc(CCN)n1. The summed E-state index contributed by atoms with van der Waals surface area (Å²) in [6, 6.07) is 8.18. The number of imidazole rings is 1. The van der Waals surface area contributed by atoms with Gasteiger partial charge in [-0.3, -0.25) is 0 Å². The molecule has 2 heterocycles. The molecule has 5 nitrogen and oxygen atoms in total. The molecule has 0 bridgehead atoms. The van der Waals surface area contributed by atoms with E-state index in [2.05, 4.69) is 33.2 Å². The van der Waals surface area contributed by atoms with E-state index in [9.17, 15) is 0 Å². The first-order valence-corrected chi connectivity index (χ1v) is 6.63. The summed E-state index contributed by atoms with van der Waals surface area (Å²) in [5.41, 5.74) is 10.6. The molecule has 20 heavy (non-hydrogen) atoms. The second-order valence-corrected chi connectivity index (χ2v) is 4.91. The Morgan fingerprint density at radius 3 is 2.85 bits per heavy atom. The van der Waals surface area contributed by atoms with E-state index in [1.54, 1.807) is 0 Å². The van der Waals surface area contributed by atoms with Crippen molar-refractivity contribution in [3.8, 4) is 11.3 Å². The molecule has 2 aromatic heterocycles. The zero-order valence-corrected chi connectivity index (χ0v) is 11.7. The molecule has 3 aromatic rings. The number of benzene rings is 1. The summed E-state index contributed by atoms with van der Waals surface area (Å²) in [5.74, 6) is 0.795. The maximum absolute atomic E-state index is 5.58. The van der Waals surface area contributed by atoms with Gasteiger partial charge in [0.25, 0.3) is 0 Å². The summed E-state index contributed by atoms with van der Waals surface area (Å²) in [6.07, 6.45) is 2.51. The molecular weight excluding hydrogens is 250 g/mol. The van der Waals surface area contributed by atoms with Crippen molar-refractivity contribution in [2.24, 2.45) is 12.8 Å². The number of nitrogens with two attached hydrogens (primary N) is 1. The van der Waals surface area contributed by atoms with Crippen LogP contribution in [0.25, 0.3) is 22.3 Å². The minimum absolute atomic E-state index is 0.558. The summed E-state index contributed by atoms with van der Waals surface area (Å²) in [7, 11) is 1.99. The van der Waals surface area contributed by atoms with Crippen LogP contribution < -0.4 is 5.73 Å². The second kappa shape index (κ2) is 5.02. The molecule has 0 aliphatic rings. The van der Waals surface area contributed by atoms with Crippen LogP contribution in [0.2, 0.25) is 0 Å². The molecule has 0 aliphatic carbocycles. The predicted molar refractivity (Wildman–Crippen MR) is 79.2 cm³/mol. The van der Waals surface area contributed by atoms with Crippen molar-refractivity contribution in [1.29, 1.82) is 0 Å². The number of aromatic nitrogens is 4. The Hall–Kier alpha value is -2.27. The summed E-state index contributed by atoms with van der Waals surface area (Å²) in [5, 5.41) is 0. The Labute approximate surface area is 117 Å². The van der Waals surface area contributed by atoms with Crippen molar-refractivity contribution < 1.29 is 0 Å². The van der Waals surface area contributed by atoms with Gasteiger partial charge in [0.2, 0.25) is 0 Å². The van der Waals surface area contributed by atoms with Crippen LogP contribution in [0.15, 0.2) is 30.6 Å². The second-order valence-electron chi connectivity index (χ2n) is 4.91. The van der Waals surface area contributed by atoms with Crippen LogP contribution in [-0.2, 0) is 13.5 Å². The van der Waals surface area contributed by atoms with Gasteiger partial charge >= 0.3 is 0 Å². The summed E-state index contributed by atoms with van der Waals surface area (Å²) >= 11 is 0. The lowest BCUT2D eigenvalue weighted by molar-refractivity contribution is 0.858. The van der Waals surface area contributed by atoms with Gasteiger partial charge < -0.3 is 10.3 Å². The molecule has 0 spiro atoms. The Morgan fingerprint density at radius 1 is 1.20 bits per heavy atom. The van der Waals surface area contributed by atoms with Gasteiger partial charge in [-0.1, -0.05) is 6.07 Å². The highest BCUT2D eigenvalue weighted by molar-refractivity contribution is 5.81. The quantitative estimate of drug-likeness (QED) is 0.786. The first kappa shape index (κ1) is 12.7. The van der Waals surface area contributed by atoms with Crippen molar-refractivity contribution in [3.63, 3.8) is 0 Å². The van der Waals surface area contributed by atoms with Crippen LogP contribution in [0.3, 0.4) is 0 Å². The fraction of sp³-hybridized carbons (Fsp3) is 0.267. The highest BCUT2D eigenvalue weighted by Crippen LogP contribution is 2.22. The summed E-state index contributed by atoms with van der Waals surface area (Å²) < 4.78 is 2.00. The molecule has 5 heteroatoms. The molecule has 0 saturated heterocycles. The van der Waals surface area contributed by atoms with Gasteiger partial charge in [-0.15, -0.1) is 0 Å². The predicted octanol–water partition coefficient (Wildman–Crippen LogP) is 1.84. The normalized spacial score (nSPS) is 11.2. The van der Waals surface area contributed by atoms with E-state index in [0.717, 1.165) is 33.8 Å². The third kappa shape index (κ3) is 2.28. The third-order valence-corrected chi connectivity index (χ3v) is 3.29. The van der Waals surface area contributed by atoms with Gasteiger partial charge in [-0.05, 0) is 31.7 Å². The maximum atomic E-state index is 5.58. The summed E-state index contributed by atoms with van der Waals surface area (Å²) in [4.78, 5) is 13.4. The zero-order chi connectivity index (χ0) is 14.1. The molecule has 0 unspecified atom stereocenters. The summed E-state index contributed by atoms with van der Waals surface area (Å²) in [6.45, 7) is 2.53. The van der Waals surface area contributed by atoms with Crippen LogP contribution in [0.1, 0.15) is 11.5 Å². The highest BCUT2D eigenvalue weighted by Gasteiger charge is 2.07. The van der Waals surface area contributed by atoms with Crippen molar-refractivity contribution >= 4 is 11.0 Å². The fourth-order valence-corrected chi connectivity index (χ4v) is 2.31. The zero-order valence-electron chi connectivity index (χ0n) is 11.7. The monoisotopic (exact) mass is 267 g/mol. The standard InChI is InChI=1S/C15H17N5/c1-10-7-12(19-15(18-10)5-6-16)11-3-4-14-13(8-11)17-9-20(14)2/h3-4,7-9H,5-6,16H2,1-2H3. The Kier molecular flexibility index (Phi) is 3.20. The van der Waals surface area contributed by atoms with Crippen molar-refractivity contribution in [2.75, 3.05) is 6.54 Å². The van der Waals surface area contributed by atoms with E-state index < -0.39 is 0 Å². The van der Waals surface area contributed by atoms with Crippen LogP contribution in [0.5, 0.6) is 0 Å². The number of hydrogen-bond donors (Lipinski definition) is 1.